The molecule has 1 aliphatic heterocycles. The highest BCUT2D eigenvalue weighted by atomic mass is 16.5. The smallest absolute Gasteiger partial charge is 0.260 e. The zero-order valence-electron chi connectivity index (χ0n) is 23.3. The molecular formula is C31H39N5O3. The summed E-state index contributed by atoms with van der Waals surface area (Å²) >= 11 is 0. The molecule has 0 N–H and O–H groups in total. The molecule has 0 aliphatic carbocycles. The summed E-state index contributed by atoms with van der Waals surface area (Å²) in [4.78, 5) is 38.7. The molecule has 0 bridgehead atoms. The van der Waals surface area contributed by atoms with Crippen LogP contribution in [0.5, 0.6) is 5.75 Å². The number of carbonyl (C=O) groups excluding carboxylic acids is 2. The van der Waals surface area contributed by atoms with Crippen LogP contribution >= 0.6 is 0 Å². The second-order valence-electron chi connectivity index (χ2n) is 10.1. The Balaban J connectivity index is 1.54. The summed E-state index contributed by atoms with van der Waals surface area (Å²) in [6.45, 7) is 5.57. The third-order valence-electron chi connectivity index (χ3n) is 6.94. The van der Waals surface area contributed by atoms with Crippen LogP contribution in [0.3, 0.4) is 0 Å². The topological polar surface area (TPSA) is 69.2 Å². The number of pyridine rings is 1. The summed E-state index contributed by atoms with van der Waals surface area (Å²) in [5, 5.41) is 0. The number of rotatable bonds is 6. The van der Waals surface area contributed by atoms with E-state index in [1.54, 1.807) is 6.92 Å². The van der Waals surface area contributed by atoms with Crippen LogP contribution in [0.1, 0.15) is 31.0 Å². The summed E-state index contributed by atoms with van der Waals surface area (Å²) in [5.74, 6) is 0.578. The van der Waals surface area contributed by atoms with Crippen molar-refractivity contribution in [3.05, 3.63) is 84.2 Å². The van der Waals surface area contributed by atoms with Crippen LogP contribution in [0.25, 0.3) is 0 Å². The van der Waals surface area contributed by atoms with Gasteiger partial charge in [0.15, 0.2) is 6.61 Å². The highest BCUT2D eigenvalue weighted by molar-refractivity contribution is 5.92. The lowest BCUT2D eigenvalue weighted by atomic mass is 10.1. The van der Waals surface area contributed by atoms with Gasteiger partial charge in [-0.1, -0.05) is 30.3 Å². The number of benzene rings is 2. The van der Waals surface area contributed by atoms with Gasteiger partial charge >= 0.3 is 0 Å². The van der Waals surface area contributed by atoms with Crippen molar-refractivity contribution in [1.82, 2.24) is 14.8 Å². The lowest BCUT2D eigenvalue weighted by molar-refractivity contribution is -0.134. The van der Waals surface area contributed by atoms with E-state index in [2.05, 4.69) is 9.88 Å². The van der Waals surface area contributed by atoms with Crippen molar-refractivity contribution in [2.24, 2.45) is 0 Å². The molecule has 39 heavy (non-hydrogen) atoms. The number of anilines is 2. The van der Waals surface area contributed by atoms with Crippen molar-refractivity contribution >= 4 is 23.2 Å². The molecule has 1 aliphatic rings. The third kappa shape index (κ3) is 8.04. The standard InChI is InChI=1S/C31H39N5O3/c1-25(37)36-20-10-18-34(23-27-12-6-7-16-32-27)17-9-19-35(22-26-11-4-5-15-30(26)36)31(38)24-39-29-14-8-13-28(21-29)33(2)3/h4-8,11-16,21H,9-10,17-20,22-24H2,1-3H3. The summed E-state index contributed by atoms with van der Waals surface area (Å²) in [6.07, 6.45) is 3.49. The van der Waals surface area contributed by atoms with E-state index in [0.717, 1.165) is 55.1 Å². The number of amides is 2. The van der Waals surface area contributed by atoms with Crippen LogP contribution in [0.2, 0.25) is 0 Å². The number of nitrogens with zero attached hydrogens (tertiary/aromatic N) is 5. The number of para-hydroxylation sites is 1. The van der Waals surface area contributed by atoms with Crippen molar-refractivity contribution < 1.29 is 14.3 Å². The molecule has 0 spiro atoms. The quantitative estimate of drug-likeness (QED) is 0.477. The molecule has 2 aromatic carbocycles. The zero-order valence-corrected chi connectivity index (χ0v) is 23.3. The summed E-state index contributed by atoms with van der Waals surface area (Å²) < 4.78 is 5.93. The zero-order chi connectivity index (χ0) is 27.6. The first kappa shape index (κ1) is 28.1. The molecule has 0 fully saturated rings. The van der Waals surface area contributed by atoms with Crippen LogP contribution < -0.4 is 14.5 Å². The summed E-state index contributed by atoms with van der Waals surface area (Å²) in [7, 11) is 3.94. The average molecular weight is 530 g/mol. The Morgan fingerprint density at radius 2 is 1.69 bits per heavy atom. The van der Waals surface area contributed by atoms with Gasteiger partial charge in [0, 0.05) is 83.9 Å². The van der Waals surface area contributed by atoms with Gasteiger partial charge in [-0.3, -0.25) is 19.5 Å². The van der Waals surface area contributed by atoms with Gasteiger partial charge in [0.25, 0.3) is 5.91 Å². The Kier molecular flexibility index (Phi) is 9.91. The monoisotopic (exact) mass is 529 g/mol. The highest BCUT2D eigenvalue weighted by Gasteiger charge is 2.22. The maximum Gasteiger partial charge on any atom is 0.260 e. The van der Waals surface area contributed by atoms with Gasteiger partial charge in [-0.05, 0) is 48.7 Å². The molecule has 2 amide bonds. The fraction of sp³-hybridized carbons (Fsp3) is 0.387. The van der Waals surface area contributed by atoms with E-state index in [1.165, 1.54) is 0 Å². The van der Waals surface area contributed by atoms with Crippen molar-refractivity contribution in [2.45, 2.75) is 32.9 Å². The Bertz CT molecular complexity index is 1230. The molecule has 8 nitrogen and oxygen atoms in total. The molecule has 0 saturated carbocycles. The minimum absolute atomic E-state index is 0.00207. The van der Waals surface area contributed by atoms with Crippen molar-refractivity contribution in [3.63, 3.8) is 0 Å². The normalized spacial score (nSPS) is 15.1. The highest BCUT2D eigenvalue weighted by Crippen LogP contribution is 2.24. The molecule has 4 rings (SSSR count). The van der Waals surface area contributed by atoms with Crippen LogP contribution in [-0.2, 0) is 22.7 Å². The van der Waals surface area contributed by atoms with E-state index in [0.29, 0.717) is 25.4 Å². The average Bonchev–Trinajstić information content (AvgIpc) is 2.93. The number of hydrogen-bond donors (Lipinski definition) is 0. The lowest BCUT2D eigenvalue weighted by Crippen LogP contribution is -2.39. The van der Waals surface area contributed by atoms with Crippen LogP contribution in [0.15, 0.2) is 72.9 Å². The molecule has 8 heteroatoms. The van der Waals surface area contributed by atoms with Gasteiger partial charge < -0.3 is 19.4 Å². The van der Waals surface area contributed by atoms with E-state index >= 15 is 0 Å². The lowest BCUT2D eigenvalue weighted by Gasteiger charge is -2.31. The van der Waals surface area contributed by atoms with Crippen LogP contribution in [0, 0.1) is 0 Å². The van der Waals surface area contributed by atoms with Crippen molar-refractivity contribution in [2.75, 3.05) is 56.7 Å². The minimum atomic E-state index is -0.0808. The van der Waals surface area contributed by atoms with Crippen molar-refractivity contribution in [1.29, 1.82) is 0 Å². The fourth-order valence-corrected chi connectivity index (χ4v) is 4.87. The van der Waals surface area contributed by atoms with E-state index in [4.69, 9.17) is 4.74 Å². The van der Waals surface area contributed by atoms with E-state index < -0.39 is 0 Å². The molecule has 0 saturated heterocycles. The molecule has 3 aromatic rings. The van der Waals surface area contributed by atoms with Gasteiger partial charge in [-0.25, -0.2) is 0 Å². The van der Waals surface area contributed by atoms with E-state index in [1.807, 2.05) is 102 Å². The maximum atomic E-state index is 13.5. The number of hydrogen-bond acceptors (Lipinski definition) is 6. The molecule has 0 unspecified atom stereocenters. The largest absolute Gasteiger partial charge is 0.484 e. The van der Waals surface area contributed by atoms with Crippen LogP contribution in [0.4, 0.5) is 11.4 Å². The first-order valence-electron chi connectivity index (χ1n) is 13.6. The SMILES string of the molecule is CC(=O)N1CCCN(Cc2ccccn2)CCCN(C(=O)COc2cccc(N(C)C)c2)Cc2ccccc21. The second-order valence-corrected chi connectivity index (χ2v) is 10.1. The Morgan fingerprint density at radius 1 is 0.923 bits per heavy atom. The third-order valence-corrected chi connectivity index (χ3v) is 6.94. The number of carbonyl (C=O) groups is 2. The summed E-state index contributed by atoms with van der Waals surface area (Å²) in [6, 6.07) is 21.6. The Hall–Kier alpha value is -3.91. The molecule has 206 valence electrons. The number of ether oxygens (including phenoxy) is 1. The number of aromatic nitrogens is 1. The van der Waals surface area contributed by atoms with Gasteiger partial charge in [-0.2, -0.15) is 0 Å². The van der Waals surface area contributed by atoms with Gasteiger partial charge in [0.2, 0.25) is 5.91 Å². The van der Waals surface area contributed by atoms with Crippen LogP contribution in [-0.4, -0.2) is 73.5 Å². The van der Waals surface area contributed by atoms with Crippen molar-refractivity contribution in [3.8, 4) is 5.75 Å². The second kappa shape index (κ2) is 13.8. The predicted molar refractivity (Wildman–Crippen MR) is 155 cm³/mol. The van der Waals surface area contributed by atoms with Gasteiger partial charge in [0.05, 0.1) is 5.69 Å². The molecule has 2 heterocycles. The predicted octanol–water partition coefficient (Wildman–Crippen LogP) is 4.20. The first-order chi connectivity index (χ1) is 18.9. The van der Waals surface area contributed by atoms with Gasteiger partial charge in [0.1, 0.15) is 5.75 Å². The molecule has 0 atom stereocenters. The fourth-order valence-electron chi connectivity index (χ4n) is 4.87. The first-order valence-corrected chi connectivity index (χ1v) is 13.6. The Morgan fingerprint density at radius 3 is 2.44 bits per heavy atom. The maximum absolute atomic E-state index is 13.5. The minimum Gasteiger partial charge on any atom is -0.484 e. The summed E-state index contributed by atoms with van der Waals surface area (Å²) in [5.41, 5.74) is 3.85. The Labute approximate surface area is 231 Å². The molecule has 0 radical (unpaired) electrons. The molecular weight excluding hydrogens is 490 g/mol. The van der Waals surface area contributed by atoms with E-state index in [-0.39, 0.29) is 18.4 Å². The van der Waals surface area contributed by atoms with Gasteiger partial charge in [-0.15, -0.1) is 0 Å². The molecule has 1 aromatic heterocycles. The van der Waals surface area contributed by atoms with E-state index in [9.17, 15) is 9.59 Å². The number of fused-ring (bicyclic) bond motifs is 1.